The molecule has 0 aliphatic rings. The van der Waals surface area contributed by atoms with Gasteiger partial charge in [0.15, 0.2) is 10.2 Å². The van der Waals surface area contributed by atoms with Crippen LogP contribution in [0.25, 0.3) is 0 Å². The number of thiocarbonyl (C=S) groups is 1. The van der Waals surface area contributed by atoms with Crippen LogP contribution in [0.1, 0.15) is 5.56 Å². The van der Waals surface area contributed by atoms with E-state index in [0.29, 0.717) is 33.1 Å². The molecule has 0 saturated heterocycles. The lowest BCUT2D eigenvalue weighted by atomic mass is 10.1. The second-order valence-electron chi connectivity index (χ2n) is 3.83. The molecule has 0 fully saturated rings. The van der Waals surface area contributed by atoms with Crippen molar-refractivity contribution in [2.24, 2.45) is 0 Å². The number of nitrogens with one attached hydrogen (secondary N) is 2. The summed E-state index contributed by atoms with van der Waals surface area (Å²) < 4.78 is 0. The summed E-state index contributed by atoms with van der Waals surface area (Å²) in [5.41, 5.74) is 0.883. The Hall–Kier alpha value is -0.590. The van der Waals surface area contributed by atoms with Crippen LogP contribution in [0.15, 0.2) is 23.7 Å². The van der Waals surface area contributed by atoms with Crippen LogP contribution in [-0.2, 0) is 6.42 Å². The van der Waals surface area contributed by atoms with Crippen LogP contribution >= 0.6 is 58.4 Å². The predicted octanol–water partition coefficient (Wildman–Crippen LogP) is 4.63. The highest BCUT2D eigenvalue weighted by atomic mass is 35.5. The van der Waals surface area contributed by atoms with Crippen LogP contribution in [0.3, 0.4) is 0 Å². The van der Waals surface area contributed by atoms with Gasteiger partial charge in [0.1, 0.15) is 0 Å². The Labute approximate surface area is 141 Å². The highest BCUT2D eigenvalue weighted by Crippen LogP contribution is 2.29. The van der Waals surface area contributed by atoms with E-state index in [1.807, 2.05) is 5.38 Å². The topological polar surface area (TPSA) is 37.0 Å². The third-order valence-electron chi connectivity index (χ3n) is 2.40. The van der Waals surface area contributed by atoms with E-state index in [4.69, 9.17) is 47.0 Å². The van der Waals surface area contributed by atoms with E-state index in [9.17, 15) is 0 Å². The van der Waals surface area contributed by atoms with E-state index in [1.54, 1.807) is 18.3 Å². The molecule has 0 unspecified atom stereocenters. The summed E-state index contributed by atoms with van der Waals surface area (Å²) in [6, 6.07) is 3.42. The standard InChI is InChI=1S/C12H10Cl3N3S2/c13-8-5-7(10(15)9(14)6-8)1-2-16-11(19)18-12-17-3-4-20-12/h3-6H,1-2H2,(H2,16,17,18,19). The summed E-state index contributed by atoms with van der Waals surface area (Å²) in [4.78, 5) is 4.08. The lowest BCUT2D eigenvalue weighted by molar-refractivity contribution is 0.873. The van der Waals surface area contributed by atoms with E-state index in [2.05, 4.69) is 15.6 Å². The van der Waals surface area contributed by atoms with Crippen molar-refractivity contribution in [3.63, 3.8) is 0 Å². The number of nitrogens with zero attached hydrogens (tertiary/aromatic N) is 1. The van der Waals surface area contributed by atoms with Gasteiger partial charge in [-0.3, -0.25) is 0 Å². The monoisotopic (exact) mass is 365 g/mol. The summed E-state index contributed by atoms with van der Waals surface area (Å²) in [5.74, 6) is 0. The van der Waals surface area contributed by atoms with Crippen LogP contribution in [-0.4, -0.2) is 16.6 Å². The van der Waals surface area contributed by atoms with Gasteiger partial charge < -0.3 is 10.6 Å². The molecule has 2 aromatic rings. The fourth-order valence-corrected chi connectivity index (χ4v) is 3.06. The number of benzene rings is 1. The molecule has 0 amide bonds. The molecule has 0 spiro atoms. The molecule has 20 heavy (non-hydrogen) atoms. The SMILES string of the molecule is S=C(NCCc1cc(Cl)cc(Cl)c1Cl)Nc1nccs1. The second kappa shape index (κ2) is 7.43. The first kappa shape index (κ1) is 15.8. The van der Waals surface area contributed by atoms with Crippen LogP contribution in [0.5, 0.6) is 0 Å². The van der Waals surface area contributed by atoms with Gasteiger partial charge in [0, 0.05) is 23.1 Å². The summed E-state index contributed by atoms with van der Waals surface area (Å²) >= 11 is 24.7. The molecular weight excluding hydrogens is 357 g/mol. The van der Waals surface area contributed by atoms with Crippen LogP contribution < -0.4 is 10.6 Å². The highest BCUT2D eigenvalue weighted by molar-refractivity contribution is 7.80. The Balaban J connectivity index is 1.85. The largest absolute Gasteiger partial charge is 0.362 e. The summed E-state index contributed by atoms with van der Waals surface area (Å²) in [5, 5.41) is 10.8. The molecule has 1 aromatic heterocycles. The maximum absolute atomic E-state index is 6.12. The van der Waals surface area contributed by atoms with Crippen molar-refractivity contribution in [1.29, 1.82) is 0 Å². The molecule has 0 bridgehead atoms. The maximum Gasteiger partial charge on any atom is 0.188 e. The van der Waals surface area contributed by atoms with Gasteiger partial charge in [0.25, 0.3) is 0 Å². The van der Waals surface area contributed by atoms with Gasteiger partial charge in [-0.05, 0) is 36.3 Å². The van der Waals surface area contributed by atoms with Crippen molar-refractivity contribution in [3.8, 4) is 0 Å². The Morgan fingerprint density at radius 2 is 2.10 bits per heavy atom. The van der Waals surface area contributed by atoms with Crippen LogP contribution in [0.4, 0.5) is 5.13 Å². The molecule has 0 aliphatic carbocycles. The molecule has 106 valence electrons. The van der Waals surface area contributed by atoms with Crippen molar-refractivity contribution >= 4 is 68.6 Å². The minimum atomic E-state index is 0.456. The second-order valence-corrected chi connectivity index (χ2v) is 6.35. The van der Waals surface area contributed by atoms with Crippen molar-refractivity contribution in [3.05, 3.63) is 44.3 Å². The normalized spacial score (nSPS) is 10.3. The van der Waals surface area contributed by atoms with Gasteiger partial charge in [0.2, 0.25) is 0 Å². The first-order chi connectivity index (χ1) is 9.56. The number of hydrogen-bond acceptors (Lipinski definition) is 3. The Morgan fingerprint density at radius 1 is 1.30 bits per heavy atom. The number of hydrogen-bond donors (Lipinski definition) is 2. The highest BCUT2D eigenvalue weighted by Gasteiger charge is 2.07. The van der Waals surface area contributed by atoms with E-state index < -0.39 is 0 Å². The zero-order chi connectivity index (χ0) is 14.5. The Kier molecular flexibility index (Phi) is 5.86. The Morgan fingerprint density at radius 3 is 2.80 bits per heavy atom. The van der Waals surface area contributed by atoms with Gasteiger partial charge in [-0.1, -0.05) is 34.8 Å². The lowest BCUT2D eigenvalue weighted by Crippen LogP contribution is -2.30. The third-order valence-corrected chi connectivity index (χ3v) is 4.40. The molecular formula is C12H10Cl3N3S2. The summed E-state index contributed by atoms with van der Waals surface area (Å²) in [6.45, 7) is 0.619. The van der Waals surface area contributed by atoms with Crippen molar-refractivity contribution in [1.82, 2.24) is 10.3 Å². The number of thiazole rings is 1. The minimum Gasteiger partial charge on any atom is -0.362 e. The number of halogens is 3. The molecule has 0 radical (unpaired) electrons. The zero-order valence-electron chi connectivity index (χ0n) is 10.1. The first-order valence-electron chi connectivity index (χ1n) is 5.64. The third kappa shape index (κ3) is 4.46. The molecule has 1 heterocycles. The van der Waals surface area contributed by atoms with Crippen molar-refractivity contribution in [2.45, 2.75) is 6.42 Å². The fraction of sp³-hybridized carbons (Fsp3) is 0.167. The smallest absolute Gasteiger partial charge is 0.188 e. The quantitative estimate of drug-likeness (QED) is 0.611. The Bertz CT molecular complexity index is 602. The van der Waals surface area contributed by atoms with Crippen LogP contribution in [0, 0.1) is 0 Å². The van der Waals surface area contributed by atoms with Gasteiger partial charge >= 0.3 is 0 Å². The van der Waals surface area contributed by atoms with E-state index in [-0.39, 0.29) is 0 Å². The summed E-state index contributed by atoms with van der Waals surface area (Å²) in [6.07, 6.45) is 2.38. The van der Waals surface area contributed by atoms with Gasteiger partial charge in [-0.25, -0.2) is 4.98 Å². The van der Waals surface area contributed by atoms with Crippen molar-refractivity contribution < 1.29 is 0 Å². The van der Waals surface area contributed by atoms with Gasteiger partial charge in [-0.2, -0.15) is 0 Å². The molecule has 3 nitrogen and oxygen atoms in total. The number of anilines is 1. The maximum atomic E-state index is 6.12. The molecule has 0 saturated carbocycles. The molecule has 2 N–H and O–H groups in total. The molecule has 0 aliphatic heterocycles. The van der Waals surface area contributed by atoms with E-state index >= 15 is 0 Å². The molecule has 0 atom stereocenters. The first-order valence-corrected chi connectivity index (χ1v) is 8.06. The molecule has 8 heteroatoms. The zero-order valence-corrected chi connectivity index (χ0v) is 14.0. The molecule has 2 rings (SSSR count). The van der Waals surface area contributed by atoms with Gasteiger partial charge in [-0.15, -0.1) is 11.3 Å². The summed E-state index contributed by atoms with van der Waals surface area (Å²) in [7, 11) is 0. The molecule has 1 aromatic carbocycles. The average molecular weight is 367 g/mol. The van der Waals surface area contributed by atoms with Crippen molar-refractivity contribution in [2.75, 3.05) is 11.9 Å². The minimum absolute atomic E-state index is 0.456. The van der Waals surface area contributed by atoms with Gasteiger partial charge in [0.05, 0.1) is 10.0 Å². The number of rotatable bonds is 4. The number of aromatic nitrogens is 1. The predicted molar refractivity (Wildman–Crippen MR) is 91.5 cm³/mol. The average Bonchev–Trinajstić information content (AvgIpc) is 2.87. The van der Waals surface area contributed by atoms with E-state index in [0.717, 1.165) is 10.7 Å². The van der Waals surface area contributed by atoms with E-state index in [1.165, 1.54) is 11.3 Å². The lowest BCUT2D eigenvalue weighted by Gasteiger charge is -2.10. The van der Waals surface area contributed by atoms with Crippen LogP contribution in [0.2, 0.25) is 15.1 Å². The fourth-order valence-electron chi connectivity index (χ4n) is 1.53.